The third-order valence-electron chi connectivity index (χ3n) is 3.39. The highest BCUT2D eigenvalue weighted by molar-refractivity contribution is 5.34. The Balaban J connectivity index is 0.00000102. The van der Waals surface area contributed by atoms with Crippen LogP contribution in [0.5, 0.6) is 0 Å². The Kier molecular flexibility index (Phi) is 11.2. The molecule has 0 aliphatic heterocycles. The molecular formula is C22H34. The average molecular weight is 299 g/mol. The van der Waals surface area contributed by atoms with Gasteiger partial charge in [0.15, 0.2) is 0 Å². The zero-order chi connectivity index (χ0) is 17.0. The van der Waals surface area contributed by atoms with Crippen LogP contribution in [0.2, 0.25) is 0 Å². The Bertz CT molecular complexity index is 482. The molecule has 0 heteroatoms. The van der Waals surface area contributed by atoms with Crippen LogP contribution in [0.3, 0.4) is 0 Å². The van der Waals surface area contributed by atoms with Gasteiger partial charge in [0, 0.05) is 5.92 Å². The van der Waals surface area contributed by atoms with E-state index in [9.17, 15) is 0 Å². The van der Waals surface area contributed by atoms with Gasteiger partial charge in [-0.05, 0) is 29.0 Å². The zero-order valence-corrected chi connectivity index (χ0v) is 15.6. The number of rotatable bonds is 4. The fraction of sp³-hybridized carbons (Fsp3) is 0.455. The van der Waals surface area contributed by atoms with E-state index in [0.29, 0.717) is 11.8 Å². The minimum absolute atomic E-state index is 0.471. The Morgan fingerprint density at radius 2 is 1.23 bits per heavy atom. The lowest BCUT2D eigenvalue weighted by Gasteiger charge is -2.14. The first kappa shape index (κ1) is 20.4. The molecule has 2 aromatic carbocycles. The van der Waals surface area contributed by atoms with Crippen molar-refractivity contribution in [1.29, 1.82) is 0 Å². The molecule has 0 radical (unpaired) electrons. The van der Waals surface area contributed by atoms with Crippen molar-refractivity contribution in [1.82, 2.24) is 0 Å². The number of hydrogen-bond acceptors (Lipinski definition) is 0. The molecule has 2 aromatic rings. The molecule has 0 amide bonds. The summed E-state index contributed by atoms with van der Waals surface area (Å²) >= 11 is 0. The second kappa shape index (κ2) is 12.0. The third kappa shape index (κ3) is 6.93. The third-order valence-corrected chi connectivity index (χ3v) is 3.39. The van der Waals surface area contributed by atoms with Gasteiger partial charge < -0.3 is 0 Å². The van der Waals surface area contributed by atoms with Crippen LogP contribution < -0.4 is 0 Å². The van der Waals surface area contributed by atoms with Crippen LogP contribution in [-0.4, -0.2) is 0 Å². The van der Waals surface area contributed by atoms with E-state index >= 15 is 0 Å². The van der Waals surface area contributed by atoms with E-state index in [1.807, 2.05) is 27.7 Å². The van der Waals surface area contributed by atoms with Crippen molar-refractivity contribution in [3.63, 3.8) is 0 Å². The van der Waals surface area contributed by atoms with Crippen molar-refractivity contribution in [2.24, 2.45) is 5.92 Å². The fourth-order valence-corrected chi connectivity index (χ4v) is 2.39. The van der Waals surface area contributed by atoms with E-state index in [1.54, 1.807) is 0 Å². The smallest absolute Gasteiger partial charge is 0.00611 e. The van der Waals surface area contributed by atoms with Crippen LogP contribution in [0.25, 0.3) is 0 Å². The zero-order valence-electron chi connectivity index (χ0n) is 15.6. The predicted octanol–water partition coefficient (Wildman–Crippen LogP) is 7.09. The van der Waals surface area contributed by atoms with Crippen LogP contribution in [0, 0.1) is 5.92 Å². The van der Waals surface area contributed by atoms with E-state index in [-0.39, 0.29) is 0 Å². The molecule has 0 spiro atoms. The van der Waals surface area contributed by atoms with Gasteiger partial charge >= 0.3 is 0 Å². The van der Waals surface area contributed by atoms with Crippen molar-refractivity contribution in [2.45, 2.75) is 60.8 Å². The second-order valence-electron chi connectivity index (χ2n) is 5.48. The minimum atomic E-state index is 0.471. The van der Waals surface area contributed by atoms with Gasteiger partial charge in [0.1, 0.15) is 0 Å². The van der Waals surface area contributed by atoms with Gasteiger partial charge in [-0.3, -0.25) is 0 Å². The largest absolute Gasteiger partial charge is 0.0683 e. The fourth-order valence-electron chi connectivity index (χ4n) is 2.39. The Morgan fingerprint density at radius 1 is 0.682 bits per heavy atom. The molecule has 1 atom stereocenters. The second-order valence-corrected chi connectivity index (χ2v) is 5.48. The quantitative estimate of drug-likeness (QED) is 0.565. The molecule has 0 saturated heterocycles. The topological polar surface area (TPSA) is 0 Å². The maximum Gasteiger partial charge on any atom is 0.00611 e. The molecule has 0 nitrogen and oxygen atoms in total. The Morgan fingerprint density at radius 3 is 1.77 bits per heavy atom. The van der Waals surface area contributed by atoms with E-state index in [2.05, 4.69) is 75.4 Å². The van der Waals surface area contributed by atoms with Gasteiger partial charge in [-0.1, -0.05) is 103 Å². The molecule has 1 unspecified atom stereocenters. The molecule has 0 heterocycles. The summed E-state index contributed by atoms with van der Waals surface area (Å²) in [5, 5.41) is 0. The standard InChI is InChI=1S/C18H22.2C2H6/c1-14(2)12-16-8-7-11-18(13-16)15(3)17-9-5-4-6-10-17;2*1-2/h4-11,13-15H,12H2,1-3H3;2*1-2H3. The first-order valence-electron chi connectivity index (χ1n) is 8.80. The molecule has 0 saturated carbocycles. The van der Waals surface area contributed by atoms with Gasteiger partial charge in [0.25, 0.3) is 0 Å². The molecule has 0 aromatic heterocycles. The van der Waals surface area contributed by atoms with Gasteiger partial charge in [0.05, 0.1) is 0 Å². The summed E-state index contributed by atoms with van der Waals surface area (Å²) in [6, 6.07) is 19.7. The van der Waals surface area contributed by atoms with Crippen LogP contribution in [0.4, 0.5) is 0 Å². The molecule has 22 heavy (non-hydrogen) atoms. The van der Waals surface area contributed by atoms with Crippen molar-refractivity contribution in [3.05, 3.63) is 71.3 Å². The summed E-state index contributed by atoms with van der Waals surface area (Å²) in [7, 11) is 0. The summed E-state index contributed by atoms with van der Waals surface area (Å²) in [5.74, 6) is 1.19. The average Bonchev–Trinajstić information content (AvgIpc) is 2.58. The minimum Gasteiger partial charge on any atom is -0.0683 e. The van der Waals surface area contributed by atoms with Crippen molar-refractivity contribution >= 4 is 0 Å². The molecule has 0 bridgehead atoms. The molecular weight excluding hydrogens is 264 g/mol. The van der Waals surface area contributed by atoms with Gasteiger partial charge in [-0.2, -0.15) is 0 Å². The Labute approximate surface area is 138 Å². The van der Waals surface area contributed by atoms with Gasteiger partial charge in [0.2, 0.25) is 0 Å². The molecule has 0 aliphatic rings. The van der Waals surface area contributed by atoms with Crippen molar-refractivity contribution in [2.75, 3.05) is 0 Å². The summed E-state index contributed by atoms with van der Waals surface area (Å²) < 4.78 is 0. The number of hydrogen-bond donors (Lipinski definition) is 0. The van der Waals surface area contributed by atoms with Crippen molar-refractivity contribution < 1.29 is 0 Å². The van der Waals surface area contributed by atoms with E-state index < -0.39 is 0 Å². The van der Waals surface area contributed by atoms with Gasteiger partial charge in [-0.15, -0.1) is 0 Å². The van der Waals surface area contributed by atoms with E-state index in [0.717, 1.165) is 6.42 Å². The highest BCUT2D eigenvalue weighted by Gasteiger charge is 2.08. The summed E-state index contributed by atoms with van der Waals surface area (Å²) in [6.07, 6.45) is 1.16. The normalized spacial score (nSPS) is 10.9. The van der Waals surface area contributed by atoms with Crippen LogP contribution >= 0.6 is 0 Å². The van der Waals surface area contributed by atoms with Gasteiger partial charge in [-0.25, -0.2) is 0 Å². The molecule has 122 valence electrons. The van der Waals surface area contributed by atoms with E-state index in [1.165, 1.54) is 16.7 Å². The first-order chi connectivity index (χ1) is 10.7. The predicted molar refractivity (Wildman–Crippen MR) is 102 cm³/mol. The molecule has 0 N–H and O–H groups in total. The SMILES string of the molecule is CC.CC.CC(C)Cc1cccc(C(C)c2ccccc2)c1. The van der Waals surface area contributed by atoms with Crippen molar-refractivity contribution in [3.8, 4) is 0 Å². The first-order valence-corrected chi connectivity index (χ1v) is 8.80. The lowest BCUT2D eigenvalue weighted by atomic mass is 9.91. The summed E-state index contributed by atoms with van der Waals surface area (Å²) in [4.78, 5) is 0. The highest BCUT2D eigenvalue weighted by atomic mass is 14.1. The van der Waals surface area contributed by atoms with Crippen LogP contribution in [0.15, 0.2) is 54.6 Å². The lowest BCUT2D eigenvalue weighted by molar-refractivity contribution is 0.646. The maximum absolute atomic E-state index is 2.36. The monoisotopic (exact) mass is 298 g/mol. The summed E-state index contributed by atoms with van der Waals surface area (Å²) in [6.45, 7) is 14.8. The van der Waals surface area contributed by atoms with E-state index in [4.69, 9.17) is 0 Å². The molecule has 0 fully saturated rings. The molecule has 2 rings (SSSR count). The number of benzene rings is 2. The maximum atomic E-state index is 2.36. The highest BCUT2D eigenvalue weighted by Crippen LogP contribution is 2.25. The Hall–Kier alpha value is -1.56. The van der Waals surface area contributed by atoms with Crippen LogP contribution in [-0.2, 0) is 6.42 Å². The lowest BCUT2D eigenvalue weighted by Crippen LogP contribution is -1.99. The summed E-state index contributed by atoms with van der Waals surface area (Å²) in [5.41, 5.74) is 4.25. The molecule has 0 aliphatic carbocycles. The van der Waals surface area contributed by atoms with Crippen LogP contribution in [0.1, 0.15) is 71.1 Å².